The Morgan fingerprint density at radius 2 is 2.43 bits per heavy atom. The van der Waals surface area contributed by atoms with Gasteiger partial charge in [0, 0.05) is 26.4 Å². The number of hydrogen-bond acceptors (Lipinski definition) is 4. The van der Waals surface area contributed by atoms with Crippen LogP contribution in [0.1, 0.15) is 5.69 Å². The zero-order chi connectivity index (χ0) is 9.97. The van der Waals surface area contributed by atoms with E-state index in [-0.39, 0.29) is 0 Å². The van der Waals surface area contributed by atoms with E-state index in [0.29, 0.717) is 11.8 Å². The Bertz CT molecular complexity index is 366. The number of methoxy groups -OCH3 is 1. The van der Waals surface area contributed by atoms with E-state index in [0.717, 1.165) is 18.8 Å². The van der Waals surface area contributed by atoms with E-state index < -0.39 is 0 Å². The number of nitriles is 1. The Kier molecular flexibility index (Phi) is 2.33. The standard InChI is InChI=1S/C10H11N3O/c1-14-8-6-13(7-8)10-3-2-4-12-9(10)5-11/h2-4,8H,6-7H2,1H3. The van der Waals surface area contributed by atoms with Crippen molar-refractivity contribution in [2.75, 3.05) is 25.1 Å². The van der Waals surface area contributed by atoms with E-state index in [1.165, 1.54) is 0 Å². The van der Waals surface area contributed by atoms with Gasteiger partial charge in [0.1, 0.15) is 6.07 Å². The van der Waals surface area contributed by atoms with Gasteiger partial charge in [-0.2, -0.15) is 5.26 Å². The molecule has 0 radical (unpaired) electrons. The van der Waals surface area contributed by atoms with E-state index in [4.69, 9.17) is 10.00 Å². The second-order valence-electron chi connectivity index (χ2n) is 3.25. The lowest BCUT2D eigenvalue weighted by molar-refractivity contribution is 0.0787. The lowest BCUT2D eigenvalue weighted by Crippen LogP contribution is -2.52. The second kappa shape index (κ2) is 3.64. The van der Waals surface area contributed by atoms with Gasteiger partial charge >= 0.3 is 0 Å². The van der Waals surface area contributed by atoms with Gasteiger partial charge in [-0.05, 0) is 12.1 Å². The molecule has 4 heteroatoms. The maximum Gasteiger partial charge on any atom is 0.163 e. The summed E-state index contributed by atoms with van der Waals surface area (Å²) in [6.45, 7) is 1.69. The first kappa shape index (κ1) is 8.97. The molecule has 1 fully saturated rings. The van der Waals surface area contributed by atoms with Gasteiger partial charge in [-0.3, -0.25) is 0 Å². The van der Waals surface area contributed by atoms with Crippen LogP contribution in [0.5, 0.6) is 0 Å². The summed E-state index contributed by atoms with van der Waals surface area (Å²) in [6, 6.07) is 5.84. The molecular formula is C10H11N3O. The molecule has 14 heavy (non-hydrogen) atoms. The molecule has 72 valence electrons. The largest absolute Gasteiger partial charge is 0.378 e. The Labute approximate surface area is 82.7 Å². The summed E-state index contributed by atoms with van der Waals surface area (Å²) in [5, 5.41) is 8.84. The van der Waals surface area contributed by atoms with Crippen LogP contribution in [0.2, 0.25) is 0 Å². The first-order valence-corrected chi connectivity index (χ1v) is 4.48. The van der Waals surface area contributed by atoms with Crippen molar-refractivity contribution in [3.05, 3.63) is 24.0 Å². The zero-order valence-electron chi connectivity index (χ0n) is 7.97. The molecule has 0 saturated carbocycles. The smallest absolute Gasteiger partial charge is 0.163 e. The van der Waals surface area contributed by atoms with E-state index in [2.05, 4.69) is 16.0 Å². The number of hydrogen-bond donors (Lipinski definition) is 0. The van der Waals surface area contributed by atoms with Gasteiger partial charge in [0.05, 0.1) is 11.8 Å². The average Bonchev–Trinajstić information content (AvgIpc) is 2.17. The van der Waals surface area contributed by atoms with Crippen molar-refractivity contribution in [1.82, 2.24) is 4.98 Å². The topological polar surface area (TPSA) is 49.1 Å². The Hall–Kier alpha value is -1.60. The van der Waals surface area contributed by atoms with Gasteiger partial charge in [0.2, 0.25) is 0 Å². The summed E-state index contributed by atoms with van der Waals surface area (Å²) >= 11 is 0. The molecule has 1 aliphatic heterocycles. The van der Waals surface area contributed by atoms with Gasteiger partial charge < -0.3 is 9.64 Å². The van der Waals surface area contributed by atoms with E-state index in [1.807, 2.05) is 12.1 Å². The molecule has 1 saturated heterocycles. The fourth-order valence-electron chi connectivity index (χ4n) is 1.52. The van der Waals surface area contributed by atoms with Gasteiger partial charge in [0.25, 0.3) is 0 Å². The Balaban J connectivity index is 2.15. The van der Waals surface area contributed by atoms with Crippen LogP contribution in [0.3, 0.4) is 0 Å². The fourth-order valence-corrected chi connectivity index (χ4v) is 1.52. The third-order valence-electron chi connectivity index (χ3n) is 2.41. The average molecular weight is 189 g/mol. The van der Waals surface area contributed by atoms with Crippen molar-refractivity contribution in [1.29, 1.82) is 5.26 Å². The Morgan fingerprint density at radius 3 is 3.07 bits per heavy atom. The minimum Gasteiger partial charge on any atom is -0.378 e. The summed E-state index contributed by atoms with van der Waals surface area (Å²) in [5.74, 6) is 0. The maximum atomic E-state index is 8.84. The first-order valence-electron chi connectivity index (χ1n) is 4.48. The number of nitrogens with zero attached hydrogens (tertiary/aromatic N) is 3. The van der Waals surface area contributed by atoms with Crippen LogP contribution in [0.15, 0.2) is 18.3 Å². The summed E-state index contributed by atoms with van der Waals surface area (Å²) in [4.78, 5) is 6.10. The molecule has 0 atom stereocenters. The molecule has 0 spiro atoms. The van der Waals surface area contributed by atoms with E-state index in [1.54, 1.807) is 13.3 Å². The number of ether oxygens (including phenoxy) is 1. The second-order valence-corrected chi connectivity index (χ2v) is 3.25. The van der Waals surface area contributed by atoms with Crippen LogP contribution in [0.4, 0.5) is 5.69 Å². The zero-order valence-corrected chi connectivity index (χ0v) is 7.97. The maximum absolute atomic E-state index is 8.84. The lowest BCUT2D eigenvalue weighted by atomic mass is 10.1. The summed E-state index contributed by atoms with van der Waals surface area (Å²) in [6.07, 6.45) is 1.93. The highest BCUT2D eigenvalue weighted by Gasteiger charge is 2.28. The van der Waals surface area contributed by atoms with Crippen LogP contribution >= 0.6 is 0 Å². The van der Waals surface area contributed by atoms with Gasteiger partial charge in [0.15, 0.2) is 5.69 Å². The quantitative estimate of drug-likeness (QED) is 0.690. The molecule has 0 unspecified atom stereocenters. The molecule has 0 aromatic carbocycles. The van der Waals surface area contributed by atoms with Crippen LogP contribution in [-0.2, 0) is 4.74 Å². The minimum atomic E-state index is 0.293. The van der Waals surface area contributed by atoms with Crippen molar-refractivity contribution >= 4 is 5.69 Å². The van der Waals surface area contributed by atoms with Crippen molar-refractivity contribution in [2.24, 2.45) is 0 Å². The van der Waals surface area contributed by atoms with Crippen molar-refractivity contribution < 1.29 is 4.74 Å². The van der Waals surface area contributed by atoms with Crippen molar-refractivity contribution in [2.45, 2.75) is 6.10 Å². The van der Waals surface area contributed by atoms with Gasteiger partial charge in [-0.25, -0.2) is 4.98 Å². The van der Waals surface area contributed by atoms with Crippen molar-refractivity contribution in [3.63, 3.8) is 0 Å². The van der Waals surface area contributed by atoms with E-state index in [9.17, 15) is 0 Å². The van der Waals surface area contributed by atoms with Crippen LogP contribution in [0, 0.1) is 11.3 Å². The molecule has 0 bridgehead atoms. The number of anilines is 1. The molecule has 1 aromatic rings. The molecule has 0 amide bonds. The molecule has 2 rings (SSSR count). The van der Waals surface area contributed by atoms with Gasteiger partial charge in [-0.1, -0.05) is 0 Å². The van der Waals surface area contributed by atoms with Gasteiger partial charge in [-0.15, -0.1) is 0 Å². The highest BCUT2D eigenvalue weighted by molar-refractivity contribution is 5.57. The number of aromatic nitrogens is 1. The summed E-state index contributed by atoms with van der Waals surface area (Å²) < 4.78 is 5.17. The van der Waals surface area contributed by atoms with Crippen LogP contribution < -0.4 is 4.90 Å². The highest BCUT2D eigenvalue weighted by atomic mass is 16.5. The third-order valence-corrected chi connectivity index (χ3v) is 2.41. The van der Waals surface area contributed by atoms with E-state index >= 15 is 0 Å². The predicted octanol–water partition coefficient (Wildman–Crippen LogP) is 0.788. The molecule has 1 aromatic heterocycles. The highest BCUT2D eigenvalue weighted by Crippen LogP contribution is 2.23. The summed E-state index contributed by atoms with van der Waals surface area (Å²) in [7, 11) is 1.70. The summed E-state index contributed by atoms with van der Waals surface area (Å²) in [5.41, 5.74) is 1.39. The third kappa shape index (κ3) is 1.42. The SMILES string of the molecule is COC1CN(c2cccnc2C#N)C1. The lowest BCUT2D eigenvalue weighted by Gasteiger charge is -2.39. The van der Waals surface area contributed by atoms with Crippen molar-refractivity contribution in [3.8, 4) is 6.07 Å². The number of rotatable bonds is 2. The van der Waals surface area contributed by atoms with Crippen LogP contribution in [0.25, 0.3) is 0 Å². The first-order chi connectivity index (χ1) is 6.85. The Morgan fingerprint density at radius 1 is 1.64 bits per heavy atom. The fraction of sp³-hybridized carbons (Fsp3) is 0.400. The minimum absolute atomic E-state index is 0.293. The molecular weight excluding hydrogens is 178 g/mol. The molecule has 4 nitrogen and oxygen atoms in total. The van der Waals surface area contributed by atoms with Crippen LogP contribution in [-0.4, -0.2) is 31.3 Å². The molecule has 1 aliphatic rings. The predicted molar refractivity (Wildman–Crippen MR) is 52.0 cm³/mol. The normalized spacial score (nSPS) is 16.1. The number of pyridine rings is 1. The molecule has 0 N–H and O–H groups in total. The molecule has 0 aliphatic carbocycles. The monoisotopic (exact) mass is 189 g/mol. The molecule has 2 heterocycles.